The Bertz CT molecular complexity index is 3470. The van der Waals surface area contributed by atoms with E-state index in [1.807, 2.05) is 83.6 Å². The maximum absolute atomic E-state index is 15.2. The van der Waals surface area contributed by atoms with Crippen molar-refractivity contribution in [3.8, 4) is 0 Å². The van der Waals surface area contributed by atoms with Crippen molar-refractivity contribution >= 4 is 82.7 Å². The minimum atomic E-state index is -5.13. The molecule has 5 aromatic rings. The lowest BCUT2D eigenvalue weighted by atomic mass is 9.78. The summed E-state index contributed by atoms with van der Waals surface area (Å²) < 4.78 is 11.8. The van der Waals surface area contributed by atoms with E-state index >= 15 is 4.79 Å². The number of benzene rings is 4. The number of likely N-dealkylation sites (tertiary alicyclic amines) is 1. The first-order valence-electron chi connectivity index (χ1n) is 28.9. The highest BCUT2D eigenvalue weighted by Crippen LogP contribution is 2.45. The molecule has 23 heteroatoms. The molecule has 5 aliphatic rings. The molecule has 22 nitrogen and oxygen atoms in total. The van der Waals surface area contributed by atoms with Crippen molar-refractivity contribution in [2.45, 2.75) is 120 Å². The number of likely N-dealkylation sites (N-methyl/N-ethyl adjacent to an activating group) is 1. The first-order chi connectivity index (χ1) is 40.6. The van der Waals surface area contributed by atoms with Crippen LogP contribution in [0.2, 0.25) is 0 Å². The van der Waals surface area contributed by atoms with Gasteiger partial charge in [-0.25, -0.2) is 0 Å². The maximum Gasteiger partial charge on any atom is 0.396 e. The monoisotopic (exact) mass is 1180 g/mol. The van der Waals surface area contributed by atoms with Crippen LogP contribution in [0.15, 0.2) is 116 Å². The summed E-state index contributed by atoms with van der Waals surface area (Å²) in [5, 5.41) is 9.00. The Balaban J connectivity index is 0.837. The number of H-pyrrole nitrogens is 1. The summed E-state index contributed by atoms with van der Waals surface area (Å²) in [6, 6.07) is 24.6. The number of fused-ring (bicyclic) bond motifs is 3. The number of carbonyl (C=O) groups is 9. The zero-order chi connectivity index (χ0) is 60.4. The second-order valence-electron chi connectivity index (χ2n) is 23.1. The van der Waals surface area contributed by atoms with E-state index in [-0.39, 0.29) is 85.5 Å². The van der Waals surface area contributed by atoms with Crippen molar-refractivity contribution in [2.24, 2.45) is 17.6 Å². The van der Waals surface area contributed by atoms with Crippen LogP contribution in [0.4, 0.5) is 11.4 Å². The number of carbonyl (C=O) groups excluding carboxylic acids is 9. The van der Waals surface area contributed by atoms with Crippen LogP contribution in [-0.4, -0.2) is 140 Å². The normalized spacial score (nSPS) is 22.2. The number of rotatable bonds is 18. The molecule has 446 valence electrons. The zero-order valence-electron chi connectivity index (χ0n) is 47.5. The van der Waals surface area contributed by atoms with Crippen molar-refractivity contribution in [3.63, 3.8) is 0 Å². The predicted octanol–water partition coefficient (Wildman–Crippen LogP) is 5.15. The highest BCUT2D eigenvalue weighted by molar-refractivity contribution is 7.70. The summed E-state index contributed by atoms with van der Waals surface area (Å²) in [6.45, 7) is 4.26. The van der Waals surface area contributed by atoms with Gasteiger partial charge >= 0.3 is 7.60 Å². The van der Waals surface area contributed by atoms with Crippen molar-refractivity contribution < 1.29 is 57.5 Å². The number of nitrogens with zero attached hydrogens (tertiary/aromatic N) is 5. The molecular weight excluding hydrogens is 1110 g/mol. The molecule has 1 saturated carbocycles. The van der Waals surface area contributed by atoms with E-state index in [1.54, 1.807) is 4.90 Å². The van der Waals surface area contributed by atoms with E-state index < -0.39 is 78.9 Å². The van der Waals surface area contributed by atoms with Crippen LogP contribution in [0.5, 0.6) is 0 Å². The van der Waals surface area contributed by atoms with Crippen LogP contribution in [0.25, 0.3) is 10.9 Å². The van der Waals surface area contributed by atoms with E-state index in [4.69, 9.17) is 5.73 Å². The Kier molecular flexibility index (Phi) is 17.6. The molecule has 4 aliphatic heterocycles. The molecule has 8 amide bonds. The summed E-state index contributed by atoms with van der Waals surface area (Å²) in [7, 11) is -1.69. The summed E-state index contributed by atoms with van der Waals surface area (Å²) in [6.07, 6.45) is 5.56. The van der Waals surface area contributed by atoms with Gasteiger partial charge in [0, 0.05) is 69.0 Å². The van der Waals surface area contributed by atoms with Gasteiger partial charge in [-0.1, -0.05) is 73.3 Å². The van der Waals surface area contributed by atoms with Gasteiger partial charge in [-0.05, 0) is 129 Å². The number of piperidine rings is 1. The van der Waals surface area contributed by atoms with Gasteiger partial charge in [-0.15, -0.1) is 0 Å². The van der Waals surface area contributed by atoms with Crippen molar-refractivity contribution in [1.82, 2.24) is 35.6 Å². The standard InChI is InChI=1S/C62H71N10O12P/c1-36-68(2)52-31-39(18-23-49(52)71(36)51-25-27-54(74)69(3)61(51)80)30-37-14-16-38(17-15-37)32-55(75)70-29-28-44-20-24-50(59(78)65-46(22-26-53(63)73)57(76)67-56(40-10-6-4-7-11-40)41-12-8-5-9-13-41)72(44)60(79)48(35-70)66-58(77)47-34-43-33-42(19-21-45(43)64-47)62(81)85(82,83)84/h4-13,18-19,21,23,31,33-34,37-38,44,46,48,50-51,56,64H,1,14-17,20,22,24-30,32,35H2,2-3H3,(H2,63,73)(H,65,78)(H,66,77)(H,67,76)(H2,82,83,84)/t37-,38+,44-,46+,48+,50+,51?/m1/s1. The number of amides is 8. The number of hydrogen-bond acceptors (Lipinski definition) is 12. The lowest BCUT2D eigenvalue weighted by Gasteiger charge is -2.39. The fourth-order valence-electron chi connectivity index (χ4n) is 12.9. The molecule has 0 bridgehead atoms. The molecule has 0 spiro atoms. The van der Waals surface area contributed by atoms with Crippen LogP contribution in [0, 0.1) is 11.8 Å². The van der Waals surface area contributed by atoms with Crippen LogP contribution >= 0.6 is 7.60 Å². The average Bonchev–Trinajstić information content (AvgIpc) is 2.59. The molecule has 4 fully saturated rings. The molecule has 1 aromatic heterocycles. The Hall–Kier alpha value is -8.46. The van der Waals surface area contributed by atoms with Crippen LogP contribution < -0.4 is 31.5 Å². The van der Waals surface area contributed by atoms with E-state index in [0.29, 0.717) is 36.5 Å². The number of imide groups is 1. The first kappa shape index (κ1) is 59.7. The van der Waals surface area contributed by atoms with Crippen molar-refractivity contribution in [3.05, 3.63) is 143 Å². The lowest BCUT2D eigenvalue weighted by Crippen LogP contribution is -2.62. The highest BCUT2D eigenvalue weighted by Gasteiger charge is 2.47. The van der Waals surface area contributed by atoms with Crippen LogP contribution in [0.3, 0.4) is 0 Å². The summed E-state index contributed by atoms with van der Waals surface area (Å²) in [4.78, 5) is 153. The first-order valence-corrected chi connectivity index (χ1v) is 30.5. The summed E-state index contributed by atoms with van der Waals surface area (Å²) in [5.41, 5.74) is 8.69. The predicted molar refractivity (Wildman–Crippen MR) is 315 cm³/mol. The third kappa shape index (κ3) is 13.0. The molecular formula is C62H71N10O12P. The maximum atomic E-state index is 15.2. The molecule has 10 rings (SSSR count). The molecule has 5 heterocycles. The molecule has 1 unspecified atom stereocenters. The molecule has 5 atom stereocenters. The average molecular weight is 1180 g/mol. The van der Waals surface area contributed by atoms with Crippen molar-refractivity contribution in [1.29, 1.82) is 0 Å². The van der Waals surface area contributed by atoms with Crippen molar-refractivity contribution in [2.75, 3.05) is 37.0 Å². The van der Waals surface area contributed by atoms with Gasteiger partial charge in [0.15, 0.2) is 0 Å². The van der Waals surface area contributed by atoms with Gasteiger partial charge in [0.2, 0.25) is 35.4 Å². The number of hydrogen-bond donors (Lipinski definition) is 7. The molecule has 85 heavy (non-hydrogen) atoms. The van der Waals surface area contributed by atoms with E-state index in [9.17, 15) is 52.7 Å². The Labute approximate surface area is 491 Å². The quantitative estimate of drug-likeness (QED) is 0.0441. The van der Waals surface area contributed by atoms with Crippen LogP contribution in [0.1, 0.15) is 121 Å². The SMILES string of the molecule is C=C1N(C)c2cc(C[C@H]3CC[C@@H](CC(=O)N4CC[C@H]5CC[C@@H](C(=O)N[C@@H](CCC(N)=O)C(=O)NC(c6ccccc6)c6ccccc6)N5C(=O)[C@@H](NC(=O)c5cc6cc(C(=O)P(=O)(O)O)ccc6[nH]5)C4)CC3)ccc2N1C1CCC(=O)N(C)C1=O. The number of nitrogens with two attached hydrogens (primary N) is 1. The third-order valence-corrected chi connectivity index (χ3v) is 18.4. The number of anilines is 2. The molecule has 3 saturated heterocycles. The summed E-state index contributed by atoms with van der Waals surface area (Å²) in [5.74, 6) is -2.88. The smallest absolute Gasteiger partial charge is 0.370 e. The number of aromatic amines is 1. The zero-order valence-corrected chi connectivity index (χ0v) is 48.4. The minimum absolute atomic E-state index is 0.0535. The van der Waals surface area contributed by atoms with Gasteiger partial charge < -0.3 is 56.1 Å². The second kappa shape index (κ2) is 25.0. The molecule has 8 N–H and O–H groups in total. The van der Waals surface area contributed by atoms with Crippen LogP contribution in [-0.2, 0) is 44.5 Å². The number of aromatic nitrogens is 1. The van der Waals surface area contributed by atoms with E-state index in [2.05, 4.69) is 39.6 Å². The lowest BCUT2D eigenvalue weighted by molar-refractivity contribution is -0.147. The third-order valence-electron chi connectivity index (χ3n) is 17.6. The number of nitrogens with one attached hydrogen (secondary N) is 4. The molecule has 0 radical (unpaired) electrons. The molecule has 4 aromatic carbocycles. The van der Waals surface area contributed by atoms with E-state index in [1.165, 1.54) is 41.1 Å². The van der Waals surface area contributed by atoms with E-state index in [0.717, 1.165) is 60.2 Å². The topological polar surface area (TPSA) is 305 Å². The van der Waals surface area contributed by atoms with Gasteiger partial charge in [0.05, 0.1) is 17.4 Å². The molecule has 1 aliphatic carbocycles. The Morgan fingerprint density at radius 2 is 1.45 bits per heavy atom. The fraction of sp³-hybridized carbons (Fsp3) is 0.403. The highest BCUT2D eigenvalue weighted by atomic mass is 31.2. The van der Waals surface area contributed by atoms with Gasteiger partial charge in [-0.3, -0.25) is 52.6 Å². The fourth-order valence-corrected chi connectivity index (χ4v) is 13.4. The van der Waals surface area contributed by atoms with Gasteiger partial charge in [0.25, 0.3) is 17.3 Å². The minimum Gasteiger partial charge on any atom is -0.370 e. The second-order valence-corrected chi connectivity index (χ2v) is 24.6. The Morgan fingerprint density at radius 3 is 2.12 bits per heavy atom. The van der Waals surface area contributed by atoms with Gasteiger partial charge in [-0.2, -0.15) is 0 Å². The van der Waals surface area contributed by atoms with Gasteiger partial charge in [0.1, 0.15) is 35.7 Å². The summed E-state index contributed by atoms with van der Waals surface area (Å²) >= 11 is 0. The number of primary amides is 1. The largest absolute Gasteiger partial charge is 0.396 e. The Morgan fingerprint density at radius 1 is 0.765 bits per heavy atom.